The highest BCUT2D eigenvalue weighted by molar-refractivity contribution is 7.99. The molecule has 0 amide bonds. The van der Waals surface area contributed by atoms with Gasteiger partial charge in [-0.15, -0.1) is 11.8 Å². The maximum absolute atomic E-state index is 11.4. The van der Waals surface area contributed by atoms with Crippen molar-refractivity contribution in [1.29, 1.82) is 0 Å². The van der Waals surface area contributed by atoms with Gasteiger partial charge < -0.3 is 14.6 Å². The van der Waals surface area contributed by atoms with E-state index in [1.54, 1.807) is 36.4 Å². The minimum atomic E-state index is -1.08. The SMILES string of the molecule is COc1ccc(C(C[N+](=O)[O-])Sc2ccccc2C(=O)O)c(OC)c1. The fraction of sp³-hybridized carbons (Fsp3) is 0.235. The predicted molar refractivity (Wildman–Crippen MR) is 93.4 cm³/mol. The van der Waals surface area contributed by atoms with Crippen LogP contribution in [0.4, 0.5) is 0 Å². The van der Waals surface area contributed by atoms with Gasteiger partial charge >= 0.3 is 5.97 Å². The Bertz CT molecular complexity index is 779. The van der Waals surface area contributed by atoms with Crippen LogP contribution in [0.3, 0.4) is 0 Å². The van der Waals surface area contributed by atoms with Gasteiger partial charge in [0, 0.05) is 21.4 Å². The van der Waals surface area contributed by atoms with E-state index in [1.165, 1.54) is 20.3 Å². The molecule has 2 aromatic rings. The molecule has 0 saturated carbocycles. The van der Waals surface area contributed by atoms with Gasteiger partial charge in [-0.3, -0.25) is 10.1 Å². The molecule has 0 aliphatic rings. The van der Waals surface area contributed by atoms with Crippen molar-refractivity contribution in [2.45, 2.75) is 10.1 Å². The lowest BCUT2D eigenvalue weighted by Crippen LogP contribution is -2.12. The van der Waals surface area contributed by atoms with Gasteiger partial charge in [-0.2, -0.15) is 0 Å². The molecule has 0 radical (unpaired) electrons. The topological polar surface area (TPSA) is 98.9 Å². The van der Waals surface area contributed by atoms with E-state index < -0.39 is 16.1 Å². The van der Waals surface area contributed by atoms with Crippen LogP contribution in [-0.2, 0) is 0 Å². The van der Waals surface area contributed by atoms with E-state index in [9.17, 15) is 20.0 Å². The number of thioether (sulfide) groups is 1. The number of methoxy groups -OCH3 is 2. The fourth-order valence-electron chi connectivity index (χ4n) is 2.32. The molecule has 0 fully saturated rings. The first-order valence-electron chi connectivity index (χ1n) is 7.29. The van der Waals surface area contributed by atoms with Crippen LogP contribution < -0.4 is 9.47 Å². The molecule has 2 rings (SSSR count). The van der Waals surface area contributed by atoms with E-state index in [1.807, 2.05) is 0 Å². The van der Waals surface area contributed by atoms with Crippen LogP contribution in [0.2, 0.25) is 0 Å². The van der Waals surface area contributed by atoms with Gasteiger partial charge in [0.15, 0.2) is 0 Å². The highest BCUT2D eigenvalue weighted by atomic mass is 32.2. The molecule has 0 aliphatic heterocycles. The number of aromatic carboxylic acids is 1. The van der Waals surface area contributed by atoms with Crippen molar-refractivity contribution in [2.24, 2.45) is 0 Å². The van der Waals surface area contributed by atoms with E-state index in [2.05, 4.69) is 0 Å². The first-order chi connectivity index (χ1) is 12.0. The Morgan fingerprint density at radius 2 is 1.96 bits per heavy atom. The van der Waals surface area contributed by atoms with E-state index in [-0.39, 0.29) is 12.1 Å². The summed E-state index contributed by atoms with van der Waals surface area (Å²) in [5.41, 5.74) is 0.707. The molecule has 0 saturated heterocycles. The first kappa shape index (κ1) is 18.6. The second-order valence-electron chi connectivity index (χ2n) is 5.03. The molecule has 0 heterocycles. The maximum atomic E-state index is 11.4. The van der Waals surface area contributed by atoms with Crippen LogP contribution in [0.15, 0.2) is 47.4 Å². The van der Waals surface area contributed by atoms with Crippen molar-refractivity contribution in [3.8, 4) is 11.5 Å². The van der Waals surface area contributed by atoms with Gasteiger partial charge in [0.05, 0.1) is 19.8 Å². The average Bonchev–Trinajstić information content (AvgIpc) is 2.60. The summed E-state index contributed by atoms with van der Waals surface area (Å²) in [5.74, 6) is -0.0625. The Kier molecular flexibility index (Phi) is 6.24. The second-order valence-corrected chi connectivity index (χ2v) is 6.28. The summed E-state index contributed by atoms with van der Waals surface area (Å²) in [6.07, 6.45) is 0. The number of carboxylic acid groups (broad SMARTS) is 1. The third-order valence-electron chi connectivity index (χ3n) is 3.49. The molecule has 7 nitrogen and oxygen atoms in total. The molecule has 8 heteroatoms. The third kappa shape index (κ3) is 4.63. The standard InChI is InChI=1S/C17H17NO6S/c1-23-11-7-8-12(14(9-11)24-2)16(10-18(21)22)25-15-6-4-3-5-13(15)17(19)20/h3-9,16H,10H2,1-2H3,(H,19,20). The monoisotopic (exact) mass is 363 g/mol. The van der Waals surface area contributed by atoms with Crippen molar-refractivity contribution < 1.29 is 24.3 Å². The van der Waals surface area contributed by atoms with E-state index in [4.69, 9.17) is 9.47 Å². The number of rotatable bonds is 8. The Balaban J connectivity index is 2.44. The summed E-state index contributed by atoms with van der Waals surface area (Å²) in [7, 11) is 2.98. The van der Waals surface area contributed by atoms with Gasteiger partial charge in [-0.25, -0.2) is 4.79 Å². The number of hydrogen-bond acceptors (Lipinski definition) is 6. The quantitative estimate of drug-likeness (QED) is 0.435. The number of nitro groups is 1. The Morgan fingerprint density at radius 1 is 1.24 bits per heavy atom. The van der Waals surface area contributed by atoms with Crippen LogP contribution in [0, 0.1) is 10.1 Å². The Labute approximate surface area is 148 Å². The molecule has 25 heavy (non-hydrogen) atoms. The van der Waals surface area contributed by atoms with Crippen LogP contribution in [0.5, 0.6) is 11.5 Å². The van der Waals surface area contributed by atoms with Crippen molar-refractivity contribution >= 4 is 17.7 Å². The number of nitrogens with zero attached hydrogens (tertiary/aromatic N) is 1. The minimum Gasteiger partial charge on any atom is -0.497 e. The lowest BCUT2D eigenvalue weighted by molar-refractivity contribution is -0.479. The molecule has 2 aromatic carbocycles. The minimum absolute atomic E-state index is 0.105. The van der Waals surface area contributed by atoms with E-state index in [0.29, 0.717) is 22.0 Å². The fourth-order valence-corrected chi connectivity index (χ4v) is 3.58. The highest BCUT2D eigenvalue weighted by Crippen LogP contribution is 2.41. The smallest absolute Gasteiger partial charge is 0.336 e. The first-order valence-corrected chi connectivity index (χ1v) is 8.17. The van der Waals surface area contributed by atoms with Crippen molar-refractivity contribution in [3.63, 3.8) is 0 Å². The van der Waals surface area contributed by atoms with Gasteiger partial charge in [-0.05, 0) is 18.2 Å². The van der Waals surface area contributed by atoms with Gasteiger partial charge in [-0.1, -0.05) is 18.2 Å². The second kappa shape index (κ2) is 8.39. The lowest BCUT2D eigenvalue weighted by atomic mass is 10.1. The third-order valence-corrected chi connectivity index (χ3v) is 4.79. The Morgan fingerprint density at radius 3 is 2.56 bits per heavy atom. The number of ether oxygens (including phenoxy) is 2. The van der Waals surface area contributed by atoms with Crippen molar-refractivity contribution in [2.75, 3.05) is 20.8 Å². The average molecular weight is 363 g/mol. The van der Waals surface area contributed by atoms with Crippen LogP contribution in [-0.4, -0.2) is 36.8 Å². The number of hydrogen-bond donors (Lipinski definition) is 1. The molecule has 0 aromatic heterocycles. The Hall–Kier alpha value is -2.74. The summed E-state index contributed by atoms with van der Waals surface area (Å²) in [6, 6.07) is 11.5. The summed E-state index contributed by atoms with van der Waals surface area (Å²) in [5, 5.41) is 19.8. The van der Waals surface area contributed by atoms with E-state index >= 15 is 0 Å². The van der Waals surface area contributed by atoms with Gasteiger partial charge in [0.25, 0.3) is 0 Å². The van der Waals surface area contributed by atoms with Crippen LogP contribution in [0.25, 0.3) is 0 Å². The molecule has 0 spiro atoms. The van der Waals surface area contributed by atoms with Crippen molar-refractivity contribution in [3.05, 3.63) is 63.7 Å². The zero-order chi connectivity index (χ0) is 18.4. The molecular formula is C17H17NO6S. The lowest BCUT2D eigenvalue weighted by Gasteiger charge is -2.18. The van der Waals surface area contributed by atoms with Gasteiger partial charge in [0.2, 0.25) is 6.54 Å². The zero-order valence-corrected chi connectivity index (χ0v) is 14.5. The molecule has 1 N–H and O–H groups in total. The zero-order valence-electron chi connectivity index (χ0n) is 13.7. The largest absolute Gasteiger partial charge is 0.497 e. The normalized spacial score (nSPS) is 11.6. The summed E-state index contributed by atoms with van der Waals surface area (Å²) < 4.78 is 10.5. The molecule has 1 unspecified atom stereocenters. The number of benzene rings is 2. The number of carbonyl (C=O) groups is 1. The molecule has 132 valence electrons. The maximum Gasteiger partial charge on any atom is 0.336 e. The van der Waals surface area contributed by atoms with Crippen molar-refractivity contribution in [1.82, 2.24) is 0 Å². The highest BCUT2D eigenvalue weighted by Gasteiger charge is 2.25. The summed E-state index contributed by atoms with van der Waals surface area (Å²) in [6.45, 7) is -0.374. The predicted octanol–water partition coefficient (Wildman–Crippen LogP) is 3.51. The number of carboxylic acids is 1. The molecule has 0 bridgehead atoms. The van der Waals surface area contributed by atoms with Crippen LogP contribution in [0.1, 0.15) is 21.2 Å². The molecule has 0 aliphatic carbocycles. The van der Waals surface area contributed by atoms with E-state index in [0.717, 1.165) is 11.8 Å². The van der Waals surface area contributed by atoms with Crippen LogP contribution >= 0.6 is 11.8 Å². The van der Waals surface area contributed by atoms with Gasteiger partial charge in [0.1, 0.15) is 16.7 Å². The molecule has 1 atom stereocenters. The summed E-state index contributed by atoms with van der Waals surface area (Å²) in [4.78, 5) is 22.5. The molecular weight excluding hydrogens is 346 g/mol. The summed E-state index contributed by atoms with van der Waals surface area (Å²) >= 11 is 1.12.